The maximum Gasteiger partial charge on any atom is 0.267 e. The minimum absolute atomic E-state index is 0.151. The lowest BCUT2D eigenvalue weighted by Crippen LogP contribution is -2.49. The Bertz CT molecular complexity index is 950. The molecule has 9 heteroatoms. The van der Waals surface area contributed by atoms with Crippen LogP contribution in [0.1, 0.15) is 6.92 Å². The molecule has 0 aromatic heterocycles. The van der Waals surface area contributed by atoms with Crippen LogP contribution in [0.3, 0.4) is 0 Å². The predicted octanol–water partition coefficient (Wildman–Crippen LogP) is 2.52. The van der Waals surface area contributed by atoms with Gasteiger partial charge in [0.15, 0.2) is 6.10 Å². The first-order valence-electron chi connectivity index (χ1n) is 7.84. The molecule has 1 aliphatic rings. The molecular weight excluding hydrogens is 366 g/mol. The zero-order chi connectivity index (χ0) is 18.9. The number of nitrogens with one attached hydrogen (secondary N) is 1. The van der Waals surface area contributed by atoms with Crippen molar-refractivity contribution in [1.82, 2.24) is 0 Å². The standard InChI is InChI=1S/C17H16F2N2O4S/c1-2-26(23,24)21-10-16(25-15-6-4-3-5-14(15)21)17(22)20-13-8-7-11(18)9-12(13)19/h3-9,16H,2,10H2,1H3,(H,20,22)/t16-/m1/s1. The summed E-state index contributed by atoms with van der Waals surface area (Å²) in [4.78, 5) is 12.5. The highest BCUT2D eigenvalue weighted by molar-refractivity contribution is 7.92. The topological polar surface area (TPSA) is 75.7 Å². The molecule has 2 aromatic rings. The van der Waals surface area contributed by atoms with Gasteiger partial charge >= 0.3 is 0 Å². The van der Waals surface area contributed by atoms with Crippen LogP contribution in [0.15, 0.2) is 42.5 Å². The Balaban J connectivity index is 1.88. The Hall–Kier alpha value is -2.68. The molecule has 0 spiro atoms. The van der Waals surface area contributed by atoms with Gasteiger partial charge in [-0.3, -0.25) is 9.10 Å². The van der Waals surface area contributed by atoms with Crippen LogP contribution in [0.4, 0.5) is 20.2 Å². The lowest BCUT2D eigenvalue weighted by molar-refractivity contribution is -0.122. The van der Waals surface area contributed by atoms with Crippen molar-refractivity contribution in [2.24, 2.45) is 0 Å². The Kier molecular flexibility index (Phi) is 4.82. The molecule has 0 unspecified atom stereocenters. The minimum Gasteiger partial charge on any atom is -0.476 e. The second-order valence-corrected chi connectivity index (χ2v) is 7.80. The van der Waals surface area contributed by atoms with Gasteiger partial charge in [-0.05, 0) is 31.2 Å². The van der Waals surface area contributed by atoms with Crippen LogP contribution in [-0.4, -0.2) is 32.7 Å². The molecule has 1 atom stereocenters. The third-order valence-corrected chi connectivity index (χ3v) is 5.66. The average molecular weight is 382 g/mol. The van der Waals surface area contributed by atoms with Crippen molar-refractivity contribution in [3.63, 3.8) is 0 Å². The highest BCUT2D eigenvalue weighted by atomic mass is 32.2. The van der Waals surface area contributed by atoms with E-state index in [-0.39, 0.29) is 23.7 Å². The molecule has 1 aliphatic heterocycles. The summed E-state index contributed by atoms with van der Waals surface area (Å²) in [5.74, 6) is -2.37. The first-order valence-corrected chi connectivity index (χ1v) is 9.44. The molecule has 138 valence electrons. The van der Waals surface area contributed by atoms with Crippen molar-refractivity contribution in [3.8, 4) is 5.75 Å². The summed E-state index contributed by atoms with van der Waals surface area (Å²) in [6, 6.07) is 9.16. The van der Waals surface area contributed by atoms with Gasteiger partial charge < -0.3 is 10.1 Å². The highest BCUT2D eigenvalue weighted by Gasteiger charge is 2.36. The SMILES string of the molecule is CCS(=O)(=O)N1C[C@H](C(=O)Nc2ccc(F)cc2F)Oc2ccccc21. The highest BCUT2D eigenvalue weighted by Crippen LogP contribution is 2.35. The van der Waals surface area contributed by atoms with Crippen molar-refractivity contribution in [2.45, 2.75) is 13.0 Å². The Labute approximate surface area is 149 Å². The van der Waals surface area contributed by atoms with Crippen LogP contribution in [-0.2, 0) is 14.8 Å². The summed E-state index contributed by atoms with van der Waals surface area (Å²) in [5, 5.41) is 2.30. The number of fused-ring (bicyclic) bond motifs is 1. The molecule has 0 saturated carbocycles. The number of carbonyl (C=O) groups is 1. The Morgan fingerprint density at radius 2 is 2.00 bits per heavy atom. The summed E-state index contributed by atoms with van der Waals surface area (Å²) in [6.45, 7) is 1.25. The molecule has 3 rings (SSSR count). The van der Waals surface area contributed by atoms with Crippen molar-refractivity contribution in [3.05, 3.63) is 54.1 Å². The normalized spacial score (nSPS) is 16.6. The van der Waals surface area contributed by atoms with Gasteiger partial charge in [-0.15, -0.1) is 0 Å². The fraction of sp³-hybridized carbons (Fsp3) is 0.235. The van der Waals surface area contributed by atoms with Gasteiger partial charge in [0.2, 0.25) is 10.0 Å². The van der Waals surface area contributed by atoms with Crippen LogP contribution in [0.5, 0.6) is 5.75 Å². The number of hydrogen-bond donors (Lipinski definition) is 1. The van der Waals surface area contributed by atoms with Gasteiger partial charge in [0.05, 0.1) is 23.7 Å². The molecule has 0 fully saturated rings. The zero-order valence-electron chi connectivity index (χ0n) is 13.8. The molecule has 0 saturated heterocycles. The summed E-state index contributed by atoms with van der Waals surface area (Å²) < 4.78 is 58.1. The largest absolute Gasteiger partial charge is 0.476 e. The summed E-state index contributed by atoms with van der Waals surface area (Å²) in [7, 11) is -3.64. The molecule has 26 heavy (non-hydrogen) atoms. The molecule has 6 nitrogen and oxygen atoms in total. The number of rotatable bonds is 4. The van der Waals surface area contributed by atoms with Crippen LogP contribution in [0.2, 0.25) is 0 Å². The number of halogens is 2. The second-order valence-electron chi connectivity index (χ2n) is 5.62. The van der Waals surface area contributed by atoms with Gasteiger partial charge in [0.25, 0.3) is 5.91 Å². The van der Waals surface area contributed by atoms with Gasteiger partial charge in [-0.25, -0.2) is 17.2 Å². The number of carbonyl (C=O) groups excluding carboxylic acids is 1. The molecule has 0 radical (unpaired) electrons. The predicted molar refractivity (Wildman–Crippen MR) is 92.7 cm³/mol. The number of nitrogens with zero attached hydrogens (tertiary/aromatic N) is 1. The fourth-order valence-corrected chi connectivity index (χ4v) is 3.69. The van der Waals surface area contributed by atoms with Crippen LogP contribution >= 0.6 is 0 Å². The number of benzene rings is 2. The van der Waals surface area contributed by atoms with Crippen molar-refractivity contribution >= 4 is 27.3 Å². The lowest BCUT2D eigenvalue weighted by Gasteiger charge is -2.34. The number of anilines is 2. The number of sulfonamides is 1. The summed E-state index contributed by atoms with van der Waals surface area (Å²) in [5.41, 5.74) is 0.120. The molecular formula is C17H16F2N2O4S. The van der Waals surface area contributed by atoms with E-state index in [0.717, 1.165) is 16.4 Å². The maximum absolute atomic E-state index is 13.7. The van der Waals surface area contributed by atoms with E-state index in [9.17, 15) is 22.0 Å². The van der Waals surface area contributed by atoms with Crippen LogP contribution in [0, 0.1) is 11.6 Å². The van der Waals surface area contributed by atoms with Gasteiger partial charge in [0, 0.05) is 6.07 Å². The fourth-order valence-electron chi connectivity index (χ4n) is 2.56. The average Bonchev–Trinajstić information content (AvgIpc) is 2.63. The third-order valence-electron chi connectivity index (χ3n) is 3.92. The monoisotopic (exact) mass is 382 g/mol. The Morgan fingerprint density at radius 3 is 2.69 bits per heavy atom. The molecule has 0 bridgehead atoms. The van der Waals surface area contributed by atoms with Crippen LogP contribution in [0.25, 0.3) is 0 Å². The van der Waals surface area contributed by atoms with Crippen molar-refractivity contribution in [1.29, 1.82) is 0 Å². The van der Waals surface area contributed by atoms with Gasteiger partial charge in [-0.1, -0.05) is 12.1 Å². The lowest BCUT2D eigenvalue weighted by atomic mass is 10.2. The van der Waals surface area contributed by atoms with E-state index in [4.69, 9.17) is 4.74 Å². The van der Waals surface area contributed by atoms with Crippen LogP contribution < -0.4 is 14.4 Å². The van der Waals surface area contributed by atoms with E-state index in [2.05, 4.69) is 5.32 Å². The van der Waals surface area contributed by atoms with E-state index in [1.54, 1.807) is 24.3 Å². The first kappa shape index (κ1) is 18.1. The first-order chi connectivity index (χ1) is 12.3. The van der Waals surface area contributed by atoms with E-state index in [1.807, 2.05) is 0 Å². The number of amides is 1. The second kappa shape index (κ2) is 6.91. The molecule has 0 aliphatic carbocycles. The smallest absolute Gasteiger partial charge is 0.267 e. The third kappa shape index (κ3) is 3.48. The quantitative estimate of drug-likeness (QED) is 0.882. The molecule has 2 aromatic carbocycles. The van der Waals surface area contributed by atoms with E-state index in [1.165, 1.54) is 6.92 Å². The molecule has 1 N–H and O–H groups in total. The van der Waals surface area contributed by atoms with Crippen molar-refractivity contribution < 1.29 is 26.7 Å². The summed E-state index contributed by atoms with van der Waals surface area (Å²) in [6.07, 6.45) is -1.18. The minimum atomic E-state index is -3.64. The molecule has 1 heterocycles. The van der Waals surface area contributed by atoms with Gasteiger partial charge in [-0.2, -0.15) is 0 Å². The Morgan fingerprint density at radius 1 is 1.27 bits per heavy atom. The van der Waals surface area contributed by atoms with Gasteiger partial charge in [0.1, 0.15) is 17.4 Å². The van der Waals surface area contributed by atoms with E-state index >= 15 is 0 Å². The summed E-state index contributed by atoms with van der Waals surface area (Å²) >= 11 is 0. The zero-order valence-corrected chi connectivity index (χ0v) is 14.6. The van der Waals surface area contributed by atoms with Crippen molar-refractivity contribution in [2.75, 3.05) is 21.9 Å². The number of hydrogen-bond acceptors (Lipinski definition) is 4. The number of ether oxygens (including phenoxy) is 1. The van der Waals surface area contributed by atoms with E-state index in [0.29, 0.717) is 11.8 Å². The molecule has 1 amide bonds. The maximum atomic E-state index is 13.7. The van der Waals surface area contributed by atoms with E-state index < -0.39 is 33.7 Å². The number of para-hydroxylation sites is 2.